The lowest BCUT2D eigenvalue weighted by Crippen LogP contribution is -2.32. The van der Waals surface area contributed by atoms with Crippen LogP contribution in [0.15, 0.2) is 12.1 Å². The van der Waals surface area contributed by atoms with E-state index in [1.165, 1.54) is 6.92 Å². The number of nitrogens with two attached hydrogens (primary N) is 1. The van der Waals surface area contributed by atoms with Gasteiger partial charge in [0.2, 0.25) is 6.17 Å². The number of rotatable bonds is 4. The largest absolute Gasteiger partial charge is 0.506 e. The predicted octanol–water partition coefficient (Wildman–Crippen LogP) is 2.51. The maximum atomic E-state index is 13.6. The first-order valence-electron chi connectivity index (χ1n) is 5.13. The van der Waals surface area contributed by atoms with Gasteiger partial charge in [0.15, 0.2) is 0 Å². The second-order valence-electron chi connectivity index (χ2n) is 3.47. The fraction of sp³-hybridized carbons (Fsp3) is 0.364. The van der Waals surface area contributed by atoms with Crippen LogP contribution in [-0.4, -0.2) is 23.9 Å². The predicted molar refractivity (Wildman–Crippen MR) is 68.8 cm³/mol. The van der Waals surface area contributed by atoms with Gasteiger partial charge in [-0.05, 0) is 19.1 Å². The molecule has 0 saturated carbocycles. The molecule has 2 atom stereocenters. The summed E-state index contributed by atoms with van der Waals surface area (Å²) in [5.74, 6) is -2.85. The Kier molecular flexibility index (Phi) is 7.04. The third-order valence-electron chi connectivity index (χ3n) is 2.28. The normalized spacial score (nSPS) is 13.3. The van der Waals surface area contributed by atoms with Crippen molar-refractivity contribution in [3.8, 4) is 5.75 Å². The molecule has 1 aromatic carbocycles. The number of benzene rings is 1. The monoisotopic (exact) mass is 315 g/mol. The van der Waals surface area contributed by atoms with Gasteiger partial charge < -0.3 is 15.6 Å². The first-order chi connectivity index (χ1) is 8.40. The highest BCUT2D eigenvalue weighted by molar-refractivity contribution is 6.32. The van der Waals surface area contributed by atoms with Gasteiger partial charge in [-0.15, -0.1) is 12.4 Å². The van der Waals surface area contributed by atoms with Crippen LogP contribution in [0, 0.1) is 5.82 Å². The number of ether oxygens (including phenoxy) is 1. The topological polar surface area (TPSA) is 72.5 Å². The van der Waals surface area contributed by atoms with Gasteiger partial charge in [0.1, 0.15) is 11.6 Å². The number of hydrogen-bond donors (Lipinski definition) is 2. The Balaban J connectivity index is 0.00000324. The highest BCUT2D eigenvalue weighted by Gasteiger charge is 2.32. The van der Waals surface area contributed by atoms with Crippen LogP contribution in [0.3, 0.4) is 0 Å². The molecule has 0 radical (unpaired) electrons. The molecule has 0 aliphatic carbocycles. The molecule has 0 spiro atoms. The molecular formula is C11H13Cl2F2NO3. The van der Waals surface area contributed by atoms with Gasteiger partial charge in [-0.25, -0.2) is 13.6 Å². The van der Waals surface area contributed by atoms with E-state index >= 15 is 0 Å². The van der Waals surface area contributed by atoms with E-state index in [0.29, 0.717) is 0 Å². The first-order valence-corrected chi connectivity index (χ1v) is 5.51. The molecule has 0 saturated heterocycles. The molecule has 108 valence electrons. The third-order valence-corrected chi connectivity index (χ3v) is 2.58. The van der Waals surface area contributed by atoms with Gasteiger partial charge in [0, 0.05) is 0 Å². The van der Waals surface area contributed by atoms with Crippen molar-refractivity contribution in [2.45, 2.75) is 19.1 Å². The average molecular weight is 316 g/mol. The summed E-state index contributed by atoms with van der Waals surface area (Å²) >= 11 is 5.56. The van der Waals surface area contributed by atoms with Crippen molar-refractivity contribution in [1.29, 1.82) is 0 Å². The Morgan fingerprint density at radius 3 is 2.68 bits per heavy atom. The fourth-order valence-corrected chi connectivity index (χ4v) is 1.55. The van der Waals surface area contributed by atoms with Crippen LogP contribution in [0.25, 0.3) is 0 Å². The SMILES string of the molecule is CCOC(=O)C(F)[C@H](N)c1c(F)ccc(Cl)c1O.Cl. The van der Waals surface area contributed by atoms with E-state index in [1.807, 2.05) is 0 Å². The number of carbonyl (C=O) groups excluding carboxylic acids is 1. The molecule has 19 heavy (non-hydrogen) atoms. The highest BCUT2D eigenvalue weighted by atomic mass is 35.5. The zero-order chi connectivity index (χ0) is 13.9. The second-order valence-corrected chi connectivity index (χ2v) is 3.88. The number of aromatic hydroxyl groups is 1. The molecular weight excluding hydrogens is 303 g/mol. The Bertz CT molecular complexity index is 460. The lowest BCUT2D eigenvalue weighted by molar-refractivity contribution is -0.149. The molecule has 0 fully saturated rings. The van der Waals surface area contributed by atoms with Crippen LogP contribution in [-0.2, 0) is 9.53 Å². The van der Waals surface area contributed by atoms with Crippen LogP contribution in [0.4, 0.5) is 8.78 Å². The summed E-state index contributed by atoms with van der Waals surface area (Å²) in [5.41, 5.74) is 4.85. The molecule has 4 nitrogen and oxygen atoms in total. The van der Waals surface area contributed by atoms with E-state index in [-0.39, 0.29) is 24.0 Å². The van der Waals surface area contributed by atoms with Crippen LogP contribution in [0.1, 0.15) is 18.5 Å². The van der Waals surface area contributed by atoms with Crippen molar-refractivity contribution in [3.05, 3.63) is 28.5 Å². The van der Waals surface area contributed by atoms with E-state index in [4.69, 9.17) is 17.3 Å². The molecule has 0 aromatic heterocycles. The third kappa shape index (κ3) is 3.92. The Hall–Kier alpha value is -1.11. The van der Waals surface area contributed by atoms with E-state index in [9.17, 15) is 18.7 Å². The van der Waals surface area contributed by atoms with Crippen molar-refractivity contribution in [2.75, 3.05) is 6.61 Å². The van der Waals surface area contributed by atoms with Crippen molar-refractivity contribution >= 4 is 30.0 Å². The summed E-state index contributed by atoms with van der Waals surface area (Å²) in [7, 11) is 0. The van der Waals surface area contributed by atoms with Gasteiger partial charge in [-0.3, -0.25) is 0 Å². The summed E-state index contributed by atoms with van der Waals surface area (Å²) in [6.45, 7) is 1.46. The minimum Gasteiger partial charge on any atom is -0.506 e. The minimum atomic E-state index is -2.29. The summed E-state index contributed by atoms with van der Waals surface area (Å²) < 4.78 is 31.5. The number of phenolic OH excluding ortho intramolecular Hbond substituents is 1. The lowest BCUT2D eigenvalue weighted by Gasteiger charge is -2.18. The van der Waals surface area contributed by atoms with Crippen LogP contribution in [0.2, 0.25) is 5.02 Å². The summed E-state index contributed by atoms with van der Waals surface area (Å²) in [4.78, 5) is 11.2. The maximum absolute atomic E-state index is 13.6. The molecule has 0 aliphatic rings. The summed E-state index contributed by atoms with van der Waals surface area (Å²) in [5, 5.41) is 9.36. The fourth-order valence-electron chi connectivity index (χ4n) is 1.39. The van der Waals surface area contributed by atoms with E-state index in [1.54, 1.807) is 0 Å². The van der Waals surface area contributed by atoms with Crippen LogP contribution < -0.4 is 5.73 Å². The van der Waals surface area contributed by atoms with Crippen molar-refractivity contribution in [3.63, 3.8) is 0 Å². The number of phenols is 1. The average Bonchev–Trinajstić information content (AvgIpc) is 2.33. The zero-order valence-corrected chi connectivity index (χ0v) is 11.5. The Morgan fingerprint density at radius 1 is 1.58 bits per heavy atom. The van der Waals surface area contributed by atoms with E-state index in [0.717, 1.165) is 12.1 Å². The molecule has 0 amide bonds. The van der Waals surface area contributed by atoms with Gasteiger partial charge in [0.05, 0.1) is 23.2 Å². The number of alkyl halides is 1. The van der Waals surface area contributed by atoms with Gasteiger partial charge in [-0.1, -0.05) is 11.6 Å². The van der Waals surface area contributed by atoms with Crippen LogP contribution in [0.5, 0.6) is 5.75 Å². The first kappa shape index (κ1) is 17.9. The van der Waals surface area contributed by atoms with E-state index < -0.39 is 35.3 Å². The van der Waals surface area contributed by atoms with Gasteiger partial charge in [0.25, 0.3) is 0 Å². The van der Waals surface area contributed by atoms with E-state index in [2.05, 4.69) is 4.74 Å². The summed E-state index contributed by atoms with van der Waals surface area (Å²) in [6.07, 6.45) is -2.29. The van der Waals surface area contributed by atoms with Crippen LogP contribution >= 0.6 is 24.0 Å². The maximum Gasteiger partial charge on any atom is 0.342 e. The highest BCUT2D eigenvalue weighted by Crippen LogP contribution is 2.34. The number of hydrogen-bond acceptors (Lipinski definition) is 4. The molecule has 3 N–H and O–H groups in total. The minimum absolute atomic E-state index is 0. The smallest absolute Gasteiger partial charge is 0.342 e. The molecule has 1 unspecified atom stereocenters. The van der Waals surface area contributed by atoms with Crippen molar-refractivity contribution in [2.24, 2.45) is 5.73 Å². The standard InChI is InChI=1S/C11H12ClF2NO3.ClH/c1-2-18-11(17)8(14)9(15)7-6(13)4-3-5(12)10(7)16;/h3-4,8-9,16H,2,15H2,1H3;1H/t8?,9-;/m1./s1. The second kappa shape index (κ2) is 7.47. The quantitative estimate of drug-likeness (QED) is 0.837. The van der Waals surface area contributed by atoms with Crippen molar-refractivity contribution < 1.29 is 23.4 Å². The van der Waals surface area contributed by atoms with Gasteiger partial charge >= 0.3 is 5.97 Å². The molecule has 0 heterocycles. The Labute approximate surface area is 119 Å². The molecule has 0 bridgehead atoms. The number of carbonyl (C=O) groups is 1. The number of halogens is 4. The molecule has 0 aliphatic heterocycles. The van der Waals surface area contributed by atoms with Gasteiger partial charge in [-0.2, -0.15) is 0 Å². The lowest BCUT2D eigenvalue weighted by atomic mass is 10.0. The number of esters is 1. The summed E-state index contributed by atoms with van der Waals surface area (Å²) in [6, 6.07) is 0.331. The van der Waals surface area contributed by atoms with Crippen molar-refractivity contribution in [1.82, 2.24) is 0 Å². The Morgan fingerprint density at radius 2 is 2.16 bits per heavy atom. The molecule has 1 rings (SSSR count). The zero-order valence-electron chi connectivity index (χ0n) is 9.90. The molecule has 1 aromatic rings. The molecule has 8 heteroatoms.